The van der Waals surface area contributed by atoms with Crippen LogP contribution in [0.25, 0.3) is 0 Å². The van der Waals surface area contributed by atoms with Gasteiger partial charge in [0, 0.05) is 6.54 Å². The van der Waals surface area contributed by atoms with E-state index in [0.29, 0.717) is 12.1 Å². The first-order valence-corrected chi connectivity index (χ1v) is 8.46. The van der Waals surface area contributed by atoms with Gasteiger partial charge in [-0.15, -0.1) is 0 Å². The van der Waals surface area contributed by atoms with Crippen molar-refractivity contribution in [2.75, 3.05) is 13.2 Å². The van der Waals surface area contributed by atoms with E-state index in [-0.39, 0.29) is 24.3 Å². The molecular weight excluding hydrogens is 302 g/mol. The number of phenolic OH excluding ortho intramolecular Hbond substituents is 1. The molecule has 126 valence electrons. The molecule has 4 nitrogen and oxygen atoms in total. The van der Waals surface area contributed by atoms with E-state index >= 15 is 0 Å². The summed E-state index contributed by atoms with van der Waals surface area (Å²) in [6.07, 6.45) is 3.42. The molecule has 1 aliphatic rings. The summed E-state index contributed by atoms with van der Waals surface area (Å²) in [5, 5.41) is 19.5. The van der Waals surface area contributed by atoms with Crippen molar-refractivity contribution < 1.29 is 15.0 Å². The Balaban J connectivity index is 1.75. The molecule has 1 heterocycles. The first kappa shape index (κ1) is 16.5. The smallest absolute Gasteiger partial charge is 0.257 e. The van der Waals surface area contributed by atoms with Gasteiger partial charge in [0.15, 0.2) is 0 Å². The first-order valence-electron chi connectivity index (χ1n) is 8.46. The van der Waals surface area contributed by atoms with Crippen LogP contribution in [0.1, 0.15) is 34.3 Å². The van der Waals surface area contributed by atoms with E-state index in [2.05, 4.69) is 12.1 Å². The highest BCUT2D eigenvalue weighted by Gasteiger charge is 2.30. The maximum atomic E-state index is 12.7. The highest BCUT2D eigenvalue weighted by Crippen LogP contribution is 2.25. The van der Waals surface area contributed by atoms with E-state index in [1.54, 1.807) is 17.0 Å². The van der Waals surface area contributed by atoms with Crippen molar-refractivity contribution in [3.63, 3.8) is 0 Å². The summed E-state index contributed by atoms with van der Waals surface area (Å²) >= 11 is 0. The van der Waals surface area contributed by atoms with Gasteiger partial charge in [-0.3, -0.25) is 4.79 Å². The summed E-state index contributed by atoms with van der Waals surface area (Å²) in [5.74, 6) is -0.183. The van der Waals surface area contributed by atoms with Gasteiger partial charge in [0.2, 0.25) is 0 Å². The Morgan fingerprint density at radius 3 is 2.58 bits per heavy atom. The molecule has 4 heteroatoms. The van der Waals surface area contributed by atoms with Crippen molar-refractivity contribution in [1.29, 1.82) is 0 Å². The molecule has 0 radical (unpaired) electrons. The molecule has 1 fully saturated rings. The fourth-order valence-electron chi connectivity index (χ4n) is 3.29. The van der Waals surface area contributed by atoms with Gasteiger partial charge in [0.25, 0.3) is 5.91 Å². The number of carbonyl (C=O) groups is 1. The Morgan fingerprint density at radius 2 is 1.83 bits per heavy atom. The molecule has 1 atom stereocenters. The van der Waals surface area contributed by atoms with Gasteiger partial charge in [0.05, 0.1) is 18.2 Å². The van der Waals surface area contributed by atoms with Crippen LogP contribution in [-0.2, 0) is 12.8 Å². The summed E-state index contributed by atoms with van der Waals surface area (Å²) in [4.78, 5) is 14.4. The number of likely N-dealkylation sites (tertiary alicyclic amines) is 1. The van der Waals surface area contributed by atoms with Gasteiger partial charge in [-0.05, 0) is 48.9 Å². The molecule has 1 aliphatic heterocycles. The second-order valence-electron chi connectivity index (χ2n) is 6.31. The molecule has 0 saturated carbocycles. The van der Waals surface area contributed by atoms with E-state index in [1.165, 1.54) is 5.56 Å². The van der Waals surface area contributed by atoms with Crippen molar-refractivity contribution in [2.45, 2.75) is 31.7 Å². The lowest BCUT2D eigenvalue weighted by Crippen LogP contribution is -2.37. The minimum atomic E-state index is -0.189. The van der Waals surface area contributed by atoms with Crippen LogP contribution in [0.15, 0.2) is 48.5 Å². The molecule has 1 amide bonds. The van der Waals surface area contributed by atoms with Crippen LogP contribution >= 0.6 is 0 Å². The highest BCUT2D eigenvalue weighted by molar-refractivity contribution is 5.97. The summed E-state index contributed by atoms with van der Waals surface area (Å²) < 4.78 is 0. The number of rotatable bonds is 5. The molecule has 1 saturated heterocycles. The van der Waals surface area contributed by atoms with Crippen molar-refractivity contribution in [2.24, 2.45) is 0 Å². The fourth-order valence-corrected chi connectivity index (χ4v) is 3.29. The van der Waals surface area contributed by atoms with Crippen molar-refractivity contribution >= 4 is 5.91 Å². The van der Waals surface area contributed by atoms with Crippen LogP contribution in [0.2, 0.25) is 0 Å². The van der Waals surface area contributed by atoms with E-state index in [1.807, 2.05) is 24.3 Å². The second kappa shape index (κ2) is 7.49. The lowest BCUT2D eigenvalue weighted by molar-refractivity contribution is 0.0674. The average Bonchev–Trinajstić information content (AvgIpc) is 3.10. The van der Waals surface area contributed by atoms with Crippen LogP contribution in [0.3, 0.4) is 0 Å². The Labute approximate surface area is 142 Å². The van der Waals surface area contributed by atoms with Gasteiger partial charge in [0.1, 0.15) is 5.75 Å². The summed E-state index contributed by atoms with van der Waals surface area (Å²) in [6.45, 7) is 0.609. The molecular formula is C20H23NO3. The normalized spacial score (nSPS) is 17.2. The molecule has 2 aromatic carbocycles. The number of hydrogen-bond acceptors (Lipinski definition) is 3. The van der Waals surface area contributed by atoms with Crippen molar-refractivity contribution in [1.82, 2.24) is 4.90 Å². The quantitative estimate of drug-likeness (QED) is 0.888. The molecule has 3 rings (SSSR count). The number of hydrogen-bond donors (Lipinski definition) is 2. The van der Waals surface area contributed by atoms with Crippen LogP contribution < -0.4 is 0 Å². The zero-order valence-electron chi connectivity index (χ0n) is 13.7. The Hall–Kier alpha value is -2.33. The number of aromatic hydroxyl groups is 1. The van der Waals surface area contributed by atoms with Crippen LogP contribution in [0.5, 0.6) is 5.75 Å². The van der Waals surface area contributed by atoms with Crippen LogP contribution in [-0.4, -0.2) is 40.2 Å². The Morgan fingerprint density at radius 1 is 1.08 bits per heavy atom. The zero-order valence-corrected chi connectivity index (χ0v) is 13.7. The van der Waals surface area contributed by atoms with Gasteiger partial charge >= 0.3 is 0 Å². The maximum Gasteiger partial charge on any atom is 0.257 e. The van der Waals surface area contributed by atoms with Gasteiger partial charge in [-0.25, -0.2) is 0 Å². The summed E-state index contributed by atoms with van der Waals surface area (Å²) in [6, 6.07) is 15.3. The fraction of sp³-hybridized carbons (Fsp3) is 0.350. The standard InChI is InChI=1S/C20H23NO3/c22-14-17-7-4-12-21(17)20(24)18-13-16(10-11-19(18)23)9-8-15-5-2-1-3-6-15/h1-3,5-6,10-11,13,17,22-23H,4,7-9,12,14H2/t17-/m1/s1. The van der Waals surface area contributed by atoms with Crippen LogP contribution in [0, 0.1) is 0 Å². The predicted molar refractivity (Wildman–Crippen MR) is 93.1 cm³/mol. The van der Waals surface area contributed by atoms with Gasteiger partial charge < -0.3 is 15.1 Å². The summed E-state index contributed by atoms with van der Waals surface area (Å²) in [5.41, 5.74) is 2.61. The third-order valence-electron chi connectivity index (χ3n) is 4.69. The number of carbonyl (C=O) groups excluding carboxylic acids is 1. The third kappa shape index (κ3) is 3.60. The number of nitrogens with zero attached hydrogens (tertiary/aromatic N) is 1. The molecule has 2 aromatic rings. The molecule has 0 aliphatic carbocycles. The van der Waals surface area contributed by atoms with E-state index in [0.717, 1.165) is 31.2 Å². The number of aliphatic hydroxyl groups excluding tert-OH is 1. The predicted octanol–water partition coefficient (Wildman–Crippen LogP) is 2.77. The number of phenols is 1. The molecule has 0 spiro atoms. The molecule has 0 aromatic heterocycles. The molecule has 0 unspecified atom stereocenters. The molecule has 0 bridgehead atoms. The van der Waals surface area contributed by atoms with Crippen molar-refractivity contribution in [3.8, 4) is 5.75 Å². The number of aryl methyl sites for hydroxylation is 2. The molecule has 24 heavy (non-hydrogen) atoms. The largest absolute Gasteiger partial charge is 0.507 e. The maximum absolute atomic E-state index is 12.7. The minimum Gasteiger partial charge on any atom is -0.507 e. The third-order valence-corrected chi connectivity index (χ3v) is 4.69. The van der Waals surface area contributed by atoms with Crippen LogP contribution in [0.4, 0.5) is 0 Å². The number of amides is 1. The minimum absolute atomic E-state index is 0.00653. The van der Waals surface area contributed by atoms with E-state index in [4.69, 9.17) is 0 Å². The Kier molecular flexibility index (Phi) is 5.16. The van der Waals surface area contributed by atoms with Gasteiger partial charge in [-0.1, -0.05) is 36.4 Å². The lowest BCUT2D eigenvalue weighted by Gasteiger charge is -2.23. The topological polar surface area (TPSA) is 60.8 Å². The number of benzene rings is 2. The highest BCUT2D eigenvalue weighted by atomic mass is 16.3. The van der Waals surface area contributed by atoms with E-state index in [9.17, 15) is 15.0 Å². The number of aliphatic hydroxyl groups is 1. The Bertz CT molecular complexity index is 699. The van der Waals surface area contributed by atoms with Crippen molar-refractivity contribution in [3.05, 3.63) is 65.2 Å². The zero-order chi connectivity index (χ0) is 16.9. The second-order valence-corrected chi connectivity index (χ2v) is 6.31. The monoisotopic (exact) mass is 325 g/mol. The average molecular weight is 325 g/mol. The van der Waals surface area contributed by atoms with E-state index < -0.39 is 0 Å². The lowest BCUT2D eigenvalue weighted by atomic mass is 10.0. The SMILES string of the molecule is O=C(c1cc(CCc2ccccc2)ccc1O)N1CCC[C@@H]1CO. The molecule has 2 N–H and O–H groups in total. The summed E-state index contributed by atoms with van der Waals surface area (Å²) in [7, 11) is 0. The first-order chi connectivity index (χ1) is 11.7. The van der Waals surface area contributed by atoms with Gasteiger partial charge in [-0.2, -0.15) is 0 Å².